The number of aliphatic hydroxyl groups excluding tert-OH is 2. The van der Waals surface area contributed by atoms with E-state index in [4.69, 9.17) is 9.73 Å². The lowest BCUT2D eigenvalue weighted by Gasteiger charge is -2.70. The Morgan fingerprint density at radius 2 is 1.63 bits per heavy atom. The van der Waals surface area contributed by atoms with Crippen LogP contribution in [0.4, 0.5) is 0 Å². The first kappa shape index (κ1) is 40.4. The molecule has 7 heteroatoms. The molecule has 1 saturated heterocycles. The first-order valence-corrected chi connectivity index (χ1v) is 23.5. The number of fused-ring (bicyclic) bond motifs is 4. The molecule has 9 aliphatic rings. The molecule has 0 amide bonds. The van der Waals surface area contributed by atoms with Crippen molar-refractivity contribution in [2.24, 2.45) is 55.7 Å². The number of ether oxygens (including phenoxy) is 1. The normalized spacial score (nSPS) is 44.2. The molecule has 0 aromatic heterocycles. The summed E-state index contributed by atoms with van der Waals surface area (Å²) in [5, 5.41) is 25.6. The predicted octanol–water partition coefficient (Wildman–Crippen LogP) is 7.93. The van der Waals surface area contributed by atoms with Gasteiger partial charge in [0.25, 0.3) is 0 Å². The van der Waals surface area contributed by atoms with Crippen LogP contribution in [-0.2, 0) is 20.7 Å². The second kappa shape index (κ2) is 13.2. The molecule has 12 atom stereocenters. The van der Waals surface area contributed by atoms with Crippen molar-refractivity contribution in [3.05, 3.63) is 68.6 Å². The zero-order chi connectivity index (χ0) is 41.8. The van der Waals surface area contributed by atoms with E-state index in [1.165, 1.54) is 56.8 Å². The van der Waals surface area contributed by atoms with E-state index in [0.29, 0.717) is 37.5 Å². The summed E-state index contributed by atoms with van der Waals surface area (Å²) < 4.78 is 6.04. The van der Waals surface area contributed by atoms with E-state index in [-0.39, 0.29) is 51.5 Å². The highest BCUT2D eigenvalue weighted by Crippen LogP contribution is 2.76. The van der Waals surface area contributed by atoms with Crippen LogP contribution in [0.2, 0.25) is 0 Å². The van der Waals surface area contributed by atoms with Crippen LogP contribution in [0.5, 0.6) is 0 Å². The molecule has 1 aromatic rings. The third kappa shape index (κ3) is 5.61. The first-order valence-electron chi connectivity index (χ1n) is 23.5. The Hall–Kier alpha value is -2.71. The lowest BCUT2D eigenvalue weighted by molar-refractivity contribution is -0.852. The molecule has 4 heterocycles. The molecule has 1 aromatic carbocycles. The number of allylic oxidation sites excluding steroid dienone is 2. The second-order valence-corrected chi connectivity index (χ2v) is 23.2. The van der Waals surface area contributed by atoms with Gasteiger partial charge in [0.2, 0.25) is 0 Å². The maximum Gasteiger partial charge on any atom is 0.162 e. The molecule has 4 aliphatic heterocycles. The second-order valence-electron chi connectivity index (χ2n) is 23.2. The highest BCUT2D eigenvalue weighted by molar-refractivity contribution is 6.02. The van der Waals surface area contributed by atoms with Crippen molar-refractivity contribution in [3.8, 4) is 0 Å². The zero-order valence-corrected chi connectivity index (χ0v) is 37.5. The molecule has 0 radical (unpaired) electrons. The molecule has 0 bridgehead atoms. The summed E-state index contributed by atoms with van der Waals surface area (Å²) in [5.74, 6) is 1.02. The van der Waals surface area contributed by atoms with E-state index in [9.17, 15) is 15.0 Å². The Bertz CT molecular complexity index is 2130. The summed E-state index contributed by atoms with van der Waals surface area (Å²) in [6, 6.07) is 6.86. The Morgan fingerprint density at radius 3 is 2.31 bits per heavy atom. The number of hydrogen-bond acceptors (Lipinski definition) is 6. The molecule has 318 valence electrons. The van der Waals surface area contributed by atoms with Crippen molar-refractivity contribution >= 4 is 17.8 Å². The number of aliphatic hydroxyl groups is 2. The maximum atomic E-state index is 15.3. The van der Waals surface area contributed by atoms with Crippen molar-refractivity contribution in [1.82, 2.24) is 0 Å². The number of quaternary nitrogens is 1. The number of benzene rings is 1. The summed E-state index contributed by atoms with van der Waals surface area (Å²) >= 11 is 0. The monoisotopic (exact) mass is 804 g/mol. The topological polar surface area (TPSA) is 104 Å². The number of rotatable bonds is 6. The van der Waals surface area contributed by atoms with Gasteiger partial charge in [0.1, 0.15) is 24.1 Å². The highest BCUT2D eigenvalue weighted by atomic mass is 16.6. The van der Waals surface area contributed by atoms with Gasteiger partial charge in [-0.3, -0.25) is 14.5 Å². The summed E-state index contributed by atoms with van der Waals surface area (Å²) in [7, 11) is 0. The van der Waals surface area contributed by atoms with Gasteiger partial charge in [-0.05, 0) is 124 Å². The number of nitrogens with zero attached hydrogens (tertiary/aromatic N) is 1. The van der Waals surface area contributed by atoms with Gasteiger partial charge in [-0.25, -0.2) is 4.99 Å². The molecule has 5 fully saturated rings. The molecule has 59 heavy (non-hydrogen) atoms. The number of aryl methyl sites for hydroxylation is 2. The minimum atomic E-state index is -0.702. The number of ketones is 2. The van der Waals surface area contributed by atoms with Gasteiger partial charge in [-0.2, -0.15) is 0 Å². The van der Waals surface area contributed by atoms with E-state index < -0.39 is 23.0 Å². The van der Waals surface area contributed by atoms with Crippen LogP contribution in [0.15, 0.2) is 56.9 Å². The van der Waals surface area contributed by atoms with Crippen LogP contribution in [0.25, 0.3) is 0 Å². The molecule has 3 N–H and O–H groups in total. The molecule has 4 saturated carbocycles. The summed E-state index contributed by atoms with van der Waals surface area (Å²) in [6.45, 7) is 21.9. The smallest absolute Gasteiger partial charge is 0.162 e. The van der Waals surface area contributed by atoms with Crippen molar-refractivity contribution in [1.29, 1.82) is 0 Å². The van der Waals surface area contributed by atoms with Crippen molar-refractivity contribution in [2.45, 2.75) is 170 Å². The van der Waals surface area contributed by atoms with Crippen molar-refractivity contribution in [2.75, 3.05) is 13.1 Å². The van der Waals surface area contributed by atoms with Gasteiger partial charge < -0.3 is 14.9 Å². The molecular formula is C52H71N2O5+. The van der Waals surface area contributed by atoms with Crippen LogP contribution in [0.3, 0.4) is 0 Å². The van der Waals surface area contributed by atoms with Crippen LogP contribution in [0.1, 0.15) is 142 Å². The van der Waals surface area contributed by atoms with E-state index in [1.807, 2.05) is 13.8 Å². The number of hydrogen-bond donors (Lipinski definition) is 3. The maximum absolute atomic E-state index is 15.3. The van der Waals surface area contributed by atoms with E-state index in [1.54, 1.807) is 0 Å². The predicted molar refractivity (Wildman–Crippen MR) is 231 cm³/mol. The number of Topliss-reactive ketones (excluding diaryl/α,β-unsaturated/α-hetero) is 2. The zero-order valence-electron chi connectivity index (χ0n) is 37.5. The third-order valence-electron chi connectivity index (χ3n) is 19.4. The molecular weight excluding hydrogens is 733 g/mol. The van der Waals surface area contributed by atoms with Gasteiger partial charge in [0.15, 0.2) is 11.5 Å². The third-order valence-corrected chi connectivity index (χ3v) is 19.4. The summed E-state index contributed by atoms with van der Waals surface area (Å²) in [5.41, 5.74) is 8.61. The lowest BCUT2D eigenvalue weighted by Crippen LogP contribution is -3.10. The fraction of sp³-hybridized carbons (Fsp3) is 0.712. The fourth-order valence-corrected chi connectivity index (χ4v) is 16.6. The van der Waals surface area contributed by atoms with E-state index >= 15 is 4.79 Å². The number of nitrogens with one attached hydrogen (secondary N) is 1. The molecule has 5 aliphatic carbocycles. The average Bonchev–Trinajstić information content (AvgIpc) is 3.70. The Morgan fingerprint density at radius 1 is 0.932 bits per heavy atom. The number of epoxide rings is 1. The van der Waals surface area contributed by atoms with Gasteiger partial charge in [0, 0.05) is 53.0 Å². The van der Waals surface area contributed by atoms with E-state index in [0.717, 1.165) is 69.2 Å². The number of aliphatic imine (C=N–C) groups is 1. The van der Waals surface area contributed by atoms with Gasteiger partial charge in [0.05, 0.1) is 30.3 Å². The first-order chi connectivity index (χ1) is 27.7. The minimum Gasteiger partial charge on any atom is -0.392 e. The van der Waals surface area contributed by atoms with Crippen LogP contribution >= 0.6 is 0 Å². The molecule has 12 unspecified atom stereocenters. The van der Waals surface area contributed by atoms with Crippen molar-refractivity contribution < 1.29 is 29.4 Å². The van der Waals surface area contributed by atoms with Crippen LogP contribution < -0.4 is 4.90 Å². The van der Waals surface area contributed by atoms with Gasteiger partial charge >= 0.3 is 0 Å². The van der Waals surface area contributed by atoms with Gasteiger partial charge in [-0.15, -0.1) is 0 Å². The lowest BCUT2D eigenvalue weighted by atomic mass is 9.33. The van der Waals surface area contributed by atoms with Crippen molar-refractivity contribution in [3.63, 3.8) is 0 Å². The molecule has 7 nitrogen and oxygen atoms in total. The Balaban J connectivity index is 1.12. The summed E-state index contributed by atoms with van der Waals surface area (Å²) in [6.07, 6.45) is 11.7. The molecule has 0 spiro atoms. The van der Waals surface area contributed by atoms with Crippen LogP contribution in [-0.4, -0.2) is 65.0 Å². The quantitative estimate of drug-likeness (QED) is 0.254. The average molecular weight is 804 g/mol. The highest BCUT2D eigenvalue weighted by Gasteiger charge is 2.74. The standard InChI is InChI=1S/C52H70N2O5/c1-29-20-30(2)22-31(21-29)23-33-27-54-28-35-40-41(48(5,24-37(56)46-47(3,4)59-46)17-14-32-26-53-42(33)43(32)54)36(55)25-51(40,8)50(7)19-15-38-49(6,45(50)44(35)58)18-16-39(57)52(38,9)34-12-10-11-13-34/h20-22,26,34-35,37-38,44-46,56,58H,10-19,23-25,27-28H2,1-9H3/p+1. The Kier molecular flexibility index (Phi) is 9.00. The minimum absolute atomic E-state index is 0.0496. The van der Waals surface area contributed by atoms with Gasteiger partial charge in [-0.1, -0.05) is 76.8 Å². The largest absolute Gasteiger partial charge is 0.392 e. The summed E-state index contributed by atoms with van der Waals surface area (Å²) in [4.78, 5) is 36.2. The molecule has 10 rings (SSSR count). The van der Waals surface area contributed by atoms with Crippen LogP contribution in [0, 0.1) is 64.6 Å². The number of carbonyl (C=O) groups is 2. The SMILES string of the molecule is Cc1cc(C)cc(CC2=C3N=CC4=C3[NH+](C2)CC2C3=C(C(=O)CC3(C)C3(C)CCC5C(C)(CCC(=O)C5(C)C5CCCC5)C3C2O)C(C)(CC(O)C2OC2(C)C)CC4)c1. The fourth-order valence-electron chi connectivity index (χ4n) is 16.6. The number of carbonyl (C=O) groups excluding carboxylic acids is 2. The van der Waals surface area contributed by atoms with E-state index in [2.05, 4.69) is 72.9 Å². The Labute approximate surface area is 353 Å².